The first-order valence-corrected chi connectivity index (χ1v) is 7.60. The summed E-state index contributed by atoms with van der Waals surface area (Å²) in [5.74, 6) is 0.615. The smallest absolute Gasteiger partial charge is 0.220 e. The molecule has 1 fully saturated rings. The van der Waals surface area contributed by atoms with Crippen molar-refractivity contribution in [1.29, 1.82) is 0 Å². The Morgan fingerprint density at radius 2 is 2.06 bits per heavy atom. The van der Waals surface area contributed by atoms with E-state index in [0.29, 0.717) is 19.4 Å². The van der Waals surface area contributed by atoms with Crippen molar-refractivity contribution in [3.8, 4) is 0 Å². The minimum Gasteiger partial charge on any atom is -0.356 e. The molecule has 1 amide bonds. The molecule has 0 spiro atoms. The van der Waals surface area contributed by atoms with Gasteiger partial charge in [0.15, 0.2) is 0 Å². The molecule has 0 saturated heterocycles. The second kappa shape index (κ2) is 5.37. The third-order valence-corrected chi connectivity index (χ3v) is 4.28. The Kier molecular flexibility index (Phi) is 4.63. The van der Waals surface area contributed by atoms with E-state index in [1.165, 1.54) is 0 Å². The van der Waals surface area contributed by atoms with E-state index in [2.05, 4.69) is 17.9 Å². The SMILES string of the molecule is NS(=O)(=O)CCCNC(=O)CC1(CS)CC1. The second-order valence-corrected chi connectivity index (χ2v) is 6.46. The van der Waals surface area contributed by atoms with Gasteiger partial charge in [-0.05, 0) is 30.4 Å². The third-order valence-electron chi connectivity index (χ3n) is 2.76. The van der Waals surface area contributed by atoms with Crippen molar-refractivity contribution in [2.75, 3.05) is 18.1 Å². The van der Waals surface area contributed by atoms with Gasteiger partial charge in [0.1, 0.15) is 0 Å². The summed E-state index contributed by atoms with van der Waals surface area (Å²) in [7, 11) is -3.41. The van der Waals surface area contributed by atoms with Crippen LogP contribution in [0.1, 0.15) is 25.7 Å². The number of carbonyl (C=O) groups excluding carboxylic acids is 1. The molecule has 7 heteroatoms. The first-order chi connectivity index (χ1) is 7.37. The van der Waals surface area contributed by atoms with Crippen LogP contribution < -0.4 is 10.5 Å². The predicted octanol–water partition coefficient (Wildman–Crippen LogP) is -0.119. The highest BCUT2D eigenvalue weighted by atomic mass is 32.2. The predicted molar refractivity (Wildman–Crippen MR) is 65.7 cm³/mol. The maximum absolute atomic E-state index is 11.5. The summed E-state index contributed by atoms with van der Waals surface area (Å²) < 4.78 is 21.2. The largest absolute Gasteiger partial charge is 0.356 e. The van der Waals surface area contributed by atoms with E-state index >= 15 is 0 Å². The molecule has 1 rings (SSSR count). The fourth-order valence-corrected chi connectivity index (χ4v) is 2.45. The topological polar surface area (TPSA) is 89.3 Å². The average molecular weight is 266 g/mol. The maximum Gasteiger partial charge on any atom is 0.220 e. The van der Waals surface area contributed by atoms with Gasteiger partial charge in [-0.3, -0.25) is 4.79 Å². The van der Waals surface area contributed by atoms with E-state index in [1.54, 1.807) is 0 Å². The summed E-state index contributed by atoms with van der Waals surface area (Å²) in [5, 5.41) is 7.53. The monoisotopic (exact) mass is 266 g/mol. The molecule has 0 bridgehead atoms. The van der Waals surface area contributed by atoms with Gasteiger partial charge in [-0.2, -0.15) is 12.6 Å². The van der Waals surface area contributed by atoms with Gasteiger partial charge in [0.2, 0.25) is 15.9 Å². The third kappa shape index (κ3) is 5.18. The molecule has 16 heavy (non-hydrogen) atoms. The molecule has 0 atom stereocenters. The molecule has 0 heterocycles. The van der Waals surface area contributed by atoms with Crippen molar-refractivity contribution in [3.63, 3.8) is 0 Å². The van der Waals surface area contributed by atoms with Gasteiger partial charge in [0.05, 0.1) is 5.75 Å². The number of sulfonamides is 1. The maximum atomic E-state index is 11.5. The zero-order valence-electron chi connectivity index (χ0n) is 9.11. The lowest BCUT2D eigenvalue weighted by Gasteiger charge is -2.11. The Morgan fingerprint density at radius 1 is 1.44 bits per heavy atom. The van der Waals surface area contributed by atoms with Gasteiger partial charge >= 0.3 is 0 Å². The van der Waals surface area contributed by atoms with Crippen LogP contribution >= 0.6 is 12.6 Å². The lowest BCUT2D eigenvalue weighted by Crippen LogP contribution is -2.29. The van der Waals surface area contributed by atoms with E-state index < -0.39 is 10.0 Å². The Bertz CT molecular complexity index is 350. The molecule has 1 saturated carbocycles. The number of hydrogen-bond acceptors (Lipinski definition) is 4. The molecule has 1 aliphatic rings. The van der Waals surface area contributed by atoms with Gasteiger partial charge in [-0.15, -0.1) is 0 Å². The summed E-state index contributed by atoms with van der Waals surface area (Å²) in [6.45, 7) is 0.359. The van der Waals surface area contributed by atoms with Gasteiger partial charge in [0, 0.05) is 13.0 Å². The zero-order valence-corrected chi connectivity index (χ0v) is 10.8. The molecular weight excluding hydrogens is 248 g/mol. The van der Waals surface area contributed by atoms with Crippen LogP contribution in [0.25, 0.3) is 0 Å². The number of amides is 1. The molecule has 3 N–H and O–H groups in total. The van der Waals surface area contributed by atoms with Crippen LogP contribution in [0, 0.1) is 5.41 Å². The first kappa shape index (κ1) is 13.8. The van der Waals surface area contributed by atoms with Crippen molar-refractivity contribution < 1.29 is 13.2 Å². The molecule has 0 aliphatic heterocycles. The summed E-state index contributed by atoms with van der Waals surface area (Å²) in [6, 6.07) is 0. The number of rotatable bonds is 7. The Hall–Kier alpha value is -0.270. The molecule has 0 unspecified atom stereocenters. The van der Waals surface area contributed by atoms with Crippen molar-refractivity contribution in [2.24, 2.45) is 10.6 Å². The number of hydrogen-bond donors (Lipinski definition) is 3. The summed E-state index contributed by atoms with van der Waals surface area (Å²) in [5.41, 5.74) is 0.104. The van der Waals surface area contributed by atoms with Crippen LogP contribution in [-0.4, -0.2) is 32.4 Å². The number of primary sulfonamides is 1. The minimum absolute atomic E-state index is 0.0269. The van der Waals surface area contributed by atoms with Crippen LogP contribution in [0.5, 0.6) is 0 Å². The lowest BCUT2D eigenvalue weighted by molar-refractivity contribution is -0.122. The van der Waals surface area contributed by atoms with Crippen molar-refractivity contribution in [2.45, 2.75) is 25.7 Å². The van der Waals surface area contributed by atoms with Gasteiger partial charge in [0.25, 0.3) is 0 Å². The molecule has 0 aromatic rings. The number of carbonyl (C=O) groups is 1. The fraction of sp³-hybridized carbons (Fsp3) is 0.889. The van der Waals surface area contributed by atoms with Crippen LogP contribution in [0.2, 0.25) is 0 Å². The van der Waals surface area contributed by atoms with E-state index in [-0.39, 0.29) is 17.1 Å². The Labute approximate surface area is 102 Å². The molecule has 0 radical (unpaired) electrons. The normalized spacial score (nSPS) is 18.1. The number of nitrogens with two attached hydrogens (primary N) is 1. The molecular formula is C9H18N2O3S2. The molecule has 0 aromatic carbocycles. The fourth-order valence-electron chi connectivity index (χ4n) is 1.47. The van der Waals surface area contributed by atoms with Crippen LogP contribution in [0.15, 0.2) is 0 Å². The minimum atomic E-state index is -3.41. The number of thiol groups is 1. The lowest BCUT2D eigenvalue weighted by atomic mass is 10.1. The van der Waals surface area contributed by atoms with Gasteiger partial charge in [-0.1, -0.05) is 0 Å². The molecule has 1 aliphatic carbocycles. The van der Waals surface area contributed by atoms with E-state index in [4.69, 9.17) is 5.14 Å². The second-order valence-electron chi connectivity index (χ2n) is 4.41. The standard InChI is InChI=1S/C9H18N2O3S2/c10-16(13,14)5-1-4-11-8(12)6-9(7-15)2-3-9/h15H,1-7H2,(H,11,12)(H2,10,13,14). The summed E-state index contributed by atoms with van der Waals surface area (Å²) in [6.07, 6.45) is 2.96. The van der Waals surface area contributed by atoms with Crippen molar-refractivity contribution >= 4 is 28.6 Å². The highest BCUT2D eigenvalue weighted by Crippen LogP contribution is 2.49. The van der Waals surface area contributed by atoms with Crippen molar-refractivity contribution in [3.05, 3.63) is 0 Å². The van der Waals surface area contributed by atoms with Crippen LogP contribution in [0.3, 0.4) is 0 Å². The Morgan fingerprint density at radius 3 is 2.50 bits per heavy atom. The van der Waals surface area contributed by atoms with Crippen LogP contribution in [0.4, 0.5) is 0 Å². The highest BCUT2D eigenvalue weighted by Gasteiger charge is 2.42. The van der Waals surface area contributed by atoms with Crippen LogP contribution in [-0.2, 0) is 14.8 Å². The molecule has 94 valence electrons. The van der Waals surface area contributed by atoms with E-state index in [1.807, 2.05) is 0 Å². The Balaban J connectivity index is 2.12. The summed E-state index contributed by atoms with van der Waals surface area (Å²) in [4.78, 5) is 11.5. The highest BCUT2D eigenvalue weighted by molar-refractivity contribution is 7.89. The molecule has 0 aromatic heterocycles. The average Bonchev–Trinajstić information content (AvgIpc) is 2.92. The van der Waals surface area contributed by atoms with Gasteiger partial charge in [-0.25, -0.2) is 13.6 Å². The van der Waals surface area contributed by atoms with Crippen molar-refractivity contribution in [1.82, 2.24) is 5.32 Å². The number of nitrogens with one attached hydrogen (secondary N) is 1. The first-order valence-electron chi connectivity index (χ1n) is 5.25. The summed E-state index contributed by atoms with van der Waals surface area (Å²) >= 11 is 4.21. The zero-order chi connectivity index (χ0) is 12.2. The quantitative estimate of drug-likeness (QED) is 0.443. The molecule has 5 nitrogen and oxygen atoms in total. The van der Waals surface area contributed by atoms with E-state index in [0.717, 1.165) is 18.6 Å². The van der Waals surface area contributed by atoms with E-state index in [9.17, 15) is 13.2 Å². The van der Waals surface area contributed by atoms with Gasteiger partial charge < -0.3 is 5.32 Å².